The first kappa shape index (κ1) is 11.2. The fraction of sp³-hybridized carbons (Fsp3) is 0.429. The number of aliphatic hydroxyl groups is 1. The quantitative estimate of drug-likeness (QED) is 0.782. The van der Waals surface area contributed by atoms with E-state index in [1.165, 1.54) is 12.8 Å². The van der Waals surface area contributed by atoms with Gasteiger partial charge in [-0.1, -0.05) is 44.0 Å². The molecule has 2 nitrogen and oxygen atoms in total. The number of benzene rings is 1. The fourth-order valence-electron chi connectivity index (χ4n) is 1.96. The largest absolute Gasteiger partial charge is 0.465 e. The van der Waals surface area contributed by atoms with Gasteiger partial charge in [0.05, 0.1) is 0 Å². The van der Waals surface area contributed by atoms with Crippen molar-refractivity contribution in [1.82, 2.24) is 0 Å². The maximum Gasteiger partial charge on any atom is 0.224 e. The van der Waals surface area contributed by atoms with Crippen molar-refractivity contribution in [3.8, 4) is 0 Å². The summed E-state index contributed by atoms with van der Waals surface area (Å²) in [7, 11) is 0. The van der Waals surface area contributed by atoms with Crippen molar-refractivity contribution < 1.29 is 9.84 Å². The van der Waals surface area contributed by atoms with E-state index in [0.29, 0.717) is 0 Å². The van der Waals surface area contributed by atoms with E-state index in [4.69, 9.17) is 4.74 Å². The zero-order valence-electron chi connectivity index (χ0n) is 9.65. The predicted molar refractivity (Wildman–Crippen MR) is 64.6 cm³/mol. The summed E-state index contributed by atoms with van der Waals surface area (Å²) in [4.78, 5) is 0. The lowest BCUT2D eigenvalue weighted by Crippen LogP contribution is -2.09. The van der Waals surface area contributed by atoms with Crippen molar-refractivity contribution in [2.24, 2.45) is 0 Å². The first-order chi connectivity index (χ1) is 7.81. The monoisotopic (exact) mass is 218 g/mol. The molecule has 0 fully saturated rings. The molecule has 0 bridgehead atoms. The van der Waals surface area contributed by atoms with Crippen LogP contribution in [0.1, 0.15) is 50.0 Å². The Bertz CT molecular complexity index is 382. The molecule has 86 valence electrons. The number of hydrogen-bond donors (Lipinski definition) is 1. The van der Waals surface area contributed by atoms with Gasteiger partial charge in [-0.2, -0.15) is 0 Å². The Hall–Kier alpha value is -1.28. The second-order valence-electron chi connectivity index (χ2n) is 4.17. The number of allylic oxidation sites excluding steroid dienone is 1. The average molecular weight is 218 g/mol. The van der Waals surface area contributed by atoms with Crippen LogP contribution in [0.2, 0.25) is 0 Å². The van der Waals surface area contributed by atoms with Gasteiger partial charge in [0.25, 0.3) is 0 Å². The first-order valence-electron chi connectivity index (χ1n) is 5.95. The lowest BCUT2D eigenvalue weighted by Gasteiger charge is -2.23. The minimum atomic E-state index is -0.794. The van der Waals surface area contributed by atoms with E-state index in [-0.39, 0.29) is 0 Å². The van der Waals surface area contributed by atoms with Crippen LogP contribution < -0.4 is 0 Å². The third-order valence-corrected chi connectivity index (χ3v) is 2.87. The highest BCUT2D eigenvalue weighted by molar-refractivity contribution is 5.57. The van der Waals surface area contributed by atoms with Gasteiger partial charge in [-0.25, -0.2) is 0 Å². The van der Waals surface area contributed by atoms with E-state index in [9.17, 15) is 5.11 Å². The normalized spacial score (nSPS) is 18.6. The van der Waals surface area contributed by atoms with E-state index in [2.05, 4.69) is 6.92 Å². The van der Waals surface area contributed by atoms with Crippen molar-refractivity contribution in [2.75, 3.05) is 0 Å². The standard InChI is InChI=1S/C14H18O2/c1-2-3-4-8-12-10-11-7-5-6-9-13(11)14(15)16-12/h5-7,9-10,14-15H,2-4,8H2,1H3. The molecule has 1 aliphatic heterocycles. The van der Waals surface area contributed by atoms with Gasteiger partial charge in [0.2, 0.25) is 6.29 Å². The molecule has 0 amide bonds. The maximum atomic E-state index is 9.83. The van der Waals surface area contributed by atoms with Gasteiger partial charge < -0.3 is 9.84 Å². The van der Waals surface area contributed by atoms with Crippen molar-refractivity contribution in [3.63, 3.8) is 0 Å². The van der Waals surface area contributed by atoms with Crippen LogP contribution >= 0.6 is 0 Å². The molecule has 16 heavy (non-hydrogen) atoms. The van der Waals surface area contributed by atoms with E-state index in [1.54, 1.807) is 0 Å². The van der Waals surface area contributed by atoms with Crippen LogP contribution in [-0.2, 0) is 4.74 Å². The van der Waals surface area contributed by atoms with Crippen LogP contribution in [0.4, 0.5) is 0 Å². The summed E-state index contributed by atoms with van der Waals surface area (Å²) in [5.41, 5.74) is 1.94. The summed E-state index contributed by atoms with van der Waals surface area (Å²) in [6.45, 7) is 2.18. The van der Waals surface area contributed by atoms with Crippen LogP contribution in [0, 0.1) is 0 Å². The molecule has 1 unspecified atom stereocenters. The Morgan fingerprint density at radius 1 is 1.25 bits per heavy atom. The summed E-state index contributed by atoms with van der Waals surface area (Å²) in [5, 5.41) is 9.83. The van der Waals surface area contributed by atoms with E-state index in [1.807, 2.05) is 30.3 Å². The Kier molecular flexibility index (Phi) is 3.62. The Morgan fingerprint density at radius 3 is 2.88 bits per heavy atom. The first-order valence-corrected chi connectivity index (χ1v) is 5.95. The van der Waals surface area contributed by atoms with Crippen LogP contribution in [0.3, 0.4) is 0 Å². The number of ether oxygens (including phenoxy) is 1. The number of fused-ring (bicyclic) bond motifs is 1. The Balaban J connectivity index is 2.10. The maximum absolute atomic E-state index is 9.83. The van der Waals surface area contributed by atoms with Crippen molar-refractivity contribution in [3.05, 3.63) is 41.2 Å². The third-order valence-electron chi connectivity index (χ3n) is 2.87. The highest BCUT2D eigenvalue weighted by Crippen LogP contribution is 2.31. The molecule has 1 aliphatic rings. The molecule has 2 rings (SSSR count). The lowest BCUT2D eigenvalue weighted by molar-refractivity contribution is -0.0724. The Labute approximate surface area is 96.6 Å². The number of unbranched alkanes of at least 4 members (excludes halogenated alkanes) is 2. The molecule has 1 heterocycles. The summed E-state index contributed by atoms with van der Waals surface area (Å²) in [6.07, 6.45) is 5.69. The molecule has 0 radical (unpaired) electrons. The number of aliphatic hydroxyl groups excluding tert-OH is 1. The van der Waals surface area contributed by atoms with Gasteiger partial charge in [0.15, 0.2) is 0 Å². The third kappa shape index (κ3) is 2.45. The van der Waals surface area contributed by atoms with Gasteiger partial charge in [0, 0.05) is 12.0 Å². The molecule has 0 saturated heterocycles. The topological polar surface area (TPSA) is 29.5 Å². The minimum absolute atomic E-state index is 0.794. The van der Waals surface area contributed by atoms with Crippen LogP contribution in [0.25, 0.3) is 6.08 Å². The SMILES string of the molecule is CCCCCC1=Cc2ccccc2C(O)O1. The van der Waals surface area contributed by atoms with Crippen LogP contribution in [0.5, 0.6) is 0 Å². The van der Waals surface area contributed by atoms with Gasteiger partial charge >= 0.3 is 0 Å². The van der Waals surface area contributed by atoms with Crippen molar-refractivity contribution >= 4 is 6.08 Å². The van der Waals surface area contributed by atoms with Gasteiger partial charge in [-0.3, -0.25) is 0 Å². The summed E-state index contributed by atoms with van der Waals surface area (Å²) in [5.74, 6) is 0.902. The summed E-state index contributed by atoms with van der Waals surface area (Å²) < 4.78 is 5.48. The number of rotatable bonds is 4. The van der Waals surface area contributed by atoms with Crippen LogP contribution in [0.15, 0.2) is 30.0 Å². The number of hydrogen-bond acceptors (Lipinski definition) is 2. The molecule has 0 saturated carbocycles. The van der Waals surface area contributed by atoms with Crippen molar-refractivity contribution in [1.29, 1.82) is 0 Å². The molecule has 1 N–H and O–H groups in total. The van der Waals surface area contributed by atoms with Gasteiger partial charge in [0.1, 0.15) is 5.76 Å². The second kappa shape index (κ2) is 5.17. The predicted octanol–water partition coefficient (Wildman–Crippen LogP) is 3.63. The molecule has 1 aromatic carbocycles. The molecule has 0 spiro atoms. The van der Waals surface area contributed by atoms with E-state index in [0.717, 1.165) is 29.7 Å². The zero-order valence-corrected chi connectivity index (χ0v) is 9.65. The fourth-order valence-corrected chi connectivity index (χ4v) is 1.96. The molecule has 0 aliphatic carbocycles. The highest BCUT2D eigenvalue weighted by Gasteiger charge is 2.18. The lowest BCUT2D eigenvalue weighted by atomic mass is 10.0. The van der Waals surface area contributed by atoms with E-state index < -0.39 is 6.29 Å². The second-order valence-corrected chi connectivity index (χ2v) is 4.17. The minimum Gasteiger partial charge on any atom is -0.465 e. The smallest absolute Gasteiger partial charge is 0.224 e. The molecule has 0 aromatic heterocycles. The van der Waals surface area contributed by atoms with Crippen LogP contribution in [-0.4, -0.2) is 5.11 Å². The average Bonchev–Trinajstić information content (AvgIpc) is 2.30. The molecule has 2 heteroatoms. The van der Waals surface area contributed by atoms with Gasteiger partial charge in [-0.15, -0.1) is 0 Å². The zero-order chi connectivity index (χ0) is 11.4. The molecular formula is C14H18O2. The Morgan fingerprint density at radius 2 is 2.06 bits per heavy atom. The van der Waals surface area contributed by atoms with Crippen molar-refractivity contribution in [2.45, 2.75) is 38.9 Å². The summed E-state index contributed by atoms with van der Waals surface area (Å²) >= 11 is 0. The summed E-state index contributed by atoms with van der Waals surface area (Å²) in [6, 6.07) is 7.82. The molecular weight excluding hydrogens is 200 g/mol. The highest BCUT2D eigenvalue weighted by atomic mass is 16.6. The molecule has 1 atom stereocenters. The van der Waals surface area contributed by atoms with E-state index >= 15 is 0 Å². The van der Waals surface area contributed by atoms with Gasteiger partial charge in [-0.05, 0) is 18.1 Å². The molecule has 1 aromatic rings.